The highest BCUT2D eigenvalue weighted by molar-refractivity contribution is 6.09. The predicted molar refractivity (Wildman–Crippen MR) is 244 cm³/mol. The van der Waals surface area contributed by atoms with Crippen molar-refractivity contribution in [2.45, 2.75) is 38.5 Å². The molecule has 1 heterocycles. The van der Waals surface area contributed by atoms with Gasteiger partial charge in [-0.2, -0.15) is 0 Å². The number of benzene rings is 9. The second kappa shape index (κ2) is 11.8. The fraction of sp³-hybridized carbons (Fsp3) is 0.107. The molecular formula is C56H41NO. The van der Waals surface area contributed by atoms with E-state index in [1.807, 2.05) is 6.07 Å². The zero-order valence-electron chi connectivity index (χ0n) is 33.1. The lowest BCUT2D eigenvalue weighted by molar-refractivity contribution is 0.647. The van der Waals surface area contributed by atoms with E-state index < -0.39 is 0 Å². The van der Waals surface area contributed by atoms with Crippen molar-refractivity contribution in [2.24, 2.45) is 0 Å². The van der Waals surface area contributed by atoms with Crippen LogP contribution in [0.15, 0.2) is 180 Å². The Morgan fingerprint density at radius 1 is 0.345 bits per heavy atom. The minimum atomic E-state index is -0.126. The molecule has 0 spiro atoms. The Morgan fingerprint density at radius 3 is 1.81 bits per heavy atom. The van der Waals surface area contributed by atoms with Crippen molar-refractivity contribution >= 4 is 60.5 Å². The molecule has 2 aliphatic carbocycles. The maximum Gasteiger partial charge on any atom is 0.135 e. The number of fused-ring (bicyclic) bond motifs is 12. The second-order valence-corrected chi connectivity index (χ2v) is 17.4. The number of hydrogen-bond acceptors (Lipinski definition) is 2. The molecular weight excluding hydrogens is 703 g/mol. The lowest BCUT2D eigenvalue weighted by Crippen LogP contribution is -2.16. The number of para-hydroxylation sites is 1. The zero-order valence-corrected chi connectivity index (χ0v) is 33.1. The summed E-state index contributed by atoms with van der Waals surface area (Å²) in [4.78, 5) is 2.43. The fourth-order valence-corrected chi connectivity index (χ4v) is 10.4. The topological polar surface area (TPSA) is 16.4 Å². The van der Waals surface area contributed by atoms with E-state index >= 15 is 0 Å². The van der Waals surface area contributed by atoms with Crippen LogP contribution < -0.4 is 4.90 Å². The van der Waals surface area contributed by atoms with Crippen LogP contribution in [0.4, 0.5) is 17.1 Å². The summed E-state index contributed by atoms with van der Waals surface area (Å²) in [7, 11) is 0. The van der Waals surface area contributed by atoms with Gasteiger partial charge in [-0.15, -0.1) is 0 Å². The van der Waals surface area contributed by atoms with Gasteiger partial charge in [-0.05, 0) is 138 Å². The quantitative estimate of drug-likeness (QED) is 0.167. The fourth-order valence-electron chi connectivity index (χ4n) is 10.4. The molecule has 2 nitrogen and oxygen atoms in total. The molecule has 0 saturated carbocycles. The number of hydrogen-bond donors (Lipinski definition) is 0. The molecule has 0 N–H and O–H groups in total. The first-order chi connectivity index (χ1) is 28.2. The molecule has 1 aromatic heterocycles. The Kier molecular flexibility index (Phi) is 6.78. The maximum atomic E-state index is 6.34. The van der Waals surface area contributed by atoms with Gasteiger partial charge in [0, 0.05) is 38.7 Å². The van der Waals surface area contributed by atoms with Crippen LogP contribution in [0.5, 0.6) is 0 Å². The first-order valence-electron chi connectivity index (χ1n) is 20.4. The van der Waals surface area contributed by atoms with Crippen LogP contribution >= 0.6 is 0 Å². The van der Waals surface area contributed by atoms with Crippen LogP contribution in [0.25, 0.3) is 76.9 Å². The van der Waals surface area contributed by atoms with E-state index in [2.05, 4.69) is 202 Å². The van der Waals surface area contributed by atoms with E-state index in [-0.39, 0.29) is 10.8 Å². The second-order valence-electron chi connectivity index (χ2n) is 17.4. The van der Waals surface area contributed by atoms with Crippen molar-refractivity contribution in [1.29, 1.82) is 0 Å². The van der Waals surface area contributed by atoms with Crippen LogP contribution in [0.2, 0.25) is 0 Å². The van der Waals surface area contributed by atoms with E-state index in [1.54, 1.807) is 0 Å². The molecule has 2 aliphatic rings. The van der Waals surface area contributed by atoms with Gasteiger partial charge in [0.1, 0.15) is 11.2 Å². The highest BCUT2D eigenvalue weighted by Gasteiger charge is 2.37. The average Bonchev–Trinajstić information content (AvgIpc) is 3.82. The van der Waals surface area contributed by atoms with Crippen LogP contribution in [-0.4, -0.2) is 0 Å². The van der Waals surface area contributed by atoms with Gasteiger partial charge >= 0.3 is 0 Å². The SMILES string of the molecule is CC1(C)c2ccccc2-c2ccc(N(c3ccc(-c4ccc5c(c4)-c4cc6c(cc4C5(C)C)oc4ccccc46)cc3)c3ccc4c(ccc5ccccc54)c3)cc21. The van der Waals surface area contributed by atoms with Crippen molar-refractivity contribution < 1.29 is 4.42 Å². The first kappa shape index (κ1) is 33.3. The highest BCUT2D eigenvalue weighted by atomic mass is 16.3. The molecule has 0 fully saturated rings. The lowest BCUT2D eigenvalue weighted by Gasteiger charge is -2.28. The van der Waals surface area contributed by atoms with Crippen molar-refractivity contribution in [2.75, 3.05) is 4.90 Å². The lowest BCUT2D eigenvalue weighted by atomic mass is 9.82. The van der Waals surface area contributed by atoms with Crippen molar-refractivity contribution in [1.82, 2.24) is 0 Å². The smallest absolute Gasteiger partial charge is 0.135 e. The zero-order chi connectivity index (χ0) is 38.9. The minimum absolute atomic E-state index is 0.100. The molecule has 0 bridgehead atoms. The van der Waals surface area contributed by atoms with Crippen LogP contribution in [0, 0.1) is 0 Å². The van der Waals surface area contributed by atoms with E-state index in [4.69, 9.17) is 4.42 Å². The van der Waals surface area contributed by atoms with Gasteiger partial charge in [-0.1, -0.05) is 143 Å². The Balaban J connectivity index is 0.978. The summed E-state index contributed by atoms with van der Waals surface area (Å²) in [6.07, 6.45) is 0. The summed E-state index contributed by atoms with van der Waals surface area (Å²) in [5.41, 5.74) is 18.2. The molecule has 12 rings (SSSR count). The molecule has 0 atom stereocenters. The van der Waals surface area contributed by atoms with Crippen LogP contribution in [-0.2, 0) is 10.8 Å². The van der Waals surface area contributed by atoms with Gasteiger partial charge in [0.2, 0.25) is 0 Å². The van der Waals surface area contributed by atoms with Crippen LogP contribution in [0.3, 0.4) is 0 Å². The number of nitrogens with zero attached hydrogens (tertiary/aromatic N) is 1. The summed E-state index contributed by atoms with van der Waals surface area (Å²) < 4.78 is 6.34. The molecule has 0 unspecified atom stereocenters. The Morgan fingerprint density at radius 2 is 0.948 bits per heavy atom. The third-order valence-electron chi connectivity index (χ3n) is 13.4. The minimum Gasteiger partial charge on any atom is -0.456 e. The van der Waals surface area contributed by atoms with Crippen LogP contribution in [0.1, 0.15) is 49.9 Å². The first-order valence-corrected chi connectivity index (χ1v) is 20.4. The van der Waals surface area contributed by atoms with Gasteiger partial charge in [0.15, 0.2) is 0 Å². The Bertz CT molecular complexity index is 3340. The van der Waals surface area contributed by atoms with E-state index in [9.17, 15) is 0 Å². The van der Waals surface area contributed by atoms with Gasteiger partial charge in [0.25, 0.3) is 0 Å². The predicted octanol–water partition coefficient (Wildman–Crippen LogP) is 15.6. The third kappa shape index (κ3) is 4.66. The molecule has 0 amide bonds. The molecule has 0 aliphatic heterocycles. The molecule has 9 aromatic carbocycles. The monoisotopic (exact) mass is 743 g/mol. The van der Waals surface area contributed by atoms with Crippen molar-refractivity contribution in [3.8, 4) is 33.4 Å². The van der Waals surface area contributed by atoms with E-state index in [1.165, 1.54) is 88.0 Å². The van der Waals surface area contributed by atoms with Gasteiger partial charge in [-0.25, -0.2) is 0 Å². The number of rotatable bonds is 4. The number of anilines is 3. The molecule has 2 heteroatoms. The van der Waals surface area contributed by atoms with Gasteiger partial charge < -0.3 is 9.32 Å². The van der Waals surface area contributed by atoms with Crippen molar-refractivity contribution in [3.05, 3.63) is 198 Å². The summed E-state index contributed by atoms with van der Waals surface area (Å²) in [5, 5.41) is 7.38. The van der Waals surface area contributed by atoms with Gasteiger partial charge in [-0.3, -0.25) is 0 Å². The molecule has 0 saturated heterocycles. The number of furan rings is 1. The Labute approximate surface area is 338 Å². The van der Waals surface area contributed by atoms with E-state index in [0.717, 1.165) is 28.2 Å². The normalized spacial score (nSPS) is 14.5. The molecule has 276 valence electrons. The molecule has 10 aromatic rings. The average molecular weight is 744 g/mol. The third-order valence-corrected chi connectivity index (χ3v) is 13.4. The highest BCUT2D eigenvalue weighted by Crippen LogP contribution is 2.53. The summed E-state index contributed by atoms with van der Waals surface area (Å²) in [5.74, 6) is 0. The van der Waals surface area contributed by atoms with Crippen molar-refractivity contribution in [3.63, 3.8) is 0 Å². The summed E-state index contributed by atoms with van der Waals surface area (Å²) in [6, 6.07) is 65.3. The molecule has 0 radical (unpaired) electrons. The largest absolute Gasteiger partial charge is 0.456 e. The van der Waals surface area contributed by atoms with E-state index in [0.29, 0.717) is 0 Å². The Hall–Kier alpha value is -6.90. The maximum absolute atomic E-state index is 6.34. The van der Waals surface area contributed by atoms with Gasteiger partial charge in [0.05, 0.1) is 0 Å². The molecule has 58 heavy (non-hydrogen) atoms. The standard InChI is InChI=1S/C56H41NO/c1-55(2)49-15-9-7-13-43(49)44-27-25-40(31-51(44)55)57(39-24-26-42-37(29-39)18-17-35-11-5-6-12-41(35)42)38-22-19-34(20-23-38)36-21-28-50-46(30-36)47-32-48-45-14-8-10-16-53(45)58-54(48)33-52(47)56(50,3)4/h5-33H,1-4H3. The summed E-state index contributed by atoms with van der Waals surface area (Å²) >= 11 is 0. The summed E-state index contributed by atoms with van der Waals surface area (Å²) in [6.45, 7) is 9.39.